The second-order valence-corrected chi connectivity index (χ2v) is 10.4. The minimum absolute atomic E-state index is 0.00589. The third kappa shape index (κ3) is 4.36. The summed E-state index contributed by atoms with van der Waals surface area (Å²) in [5.41, 5.74) is -3.24. The first-order chi connectivity index (χ1) is 19.8. The molecule has 3 heterocycles. The van der Waals surface area contributed by atoms with Gasteiger partial charge >= 0.3 is 12.2 Å². The summed E-state index contributed by atoms with van der Waals surface area (Å²) in [6, 6.07) is 6.76. The molecule has 1 aromatic heterocycles. The molecule has 6 rings (SSSR count). The van der Waals surface area contributed by atoms with Gasteiger partial charge < -0.3 is 20.3 Å². The molecule has 14 heteroatoms. The Balaban J connectivity index is 1.47. The van der Waals surface area contributed by atoms with Gasteiger partial charge in [-0.1, -0.05) is 11.6 Å². The van der Waals surface area contributed by atoms with Crippen molar-refractivity contribution in [2.75, 3.05) is 16.8 Å². The summed E-state index contributed by atoms with van der Waals surface area (Å²) >= 11 is 6.33. The number of hydrogen-bond donors (Lipinski definition) is 3. The highest BCUT2D eigenvalue weighted by molar-refractivity contribution is 6.31. The highest BCUT2D eigenvalue weighted by Gasteiger charge is 2.61. The number of imidazole rings is 1. The molecule has 2 aliphatic heterocycles. The zero-order valence-corrected chi connectivity index (χ0v) is 22.2. The van der Waals surface area contributed by atoms with Crippen LogP contribution in [0.3, 0.4) is 0 Å². The molecule has 0 saturated carbocycles. The van der Waals surface area contributed by atoms with Crippen LogP contribution in [0.1, 0.15) is 38.8 Å². The molecule has 0 bridgehead atoms. The van der Waals surface area contributed by atoms with Crippen LogP contribution in [0.2, 0.25) is 5.02 Å². The van der Waals surface area contributed by atoms with Gasteiger partial charge in [0.25, 0.3) is 5.91 Å². The van der Waals surface area contributed by atoms with E-state index in [1.807, 2.05) is 0 Å². The fourth-order valence-corrected chi connectivity index (χ4v) is 5.51. The van der Waals surface area contributed by atoms with Gasteiger partial charge in [-0.2, -0.15) is 13.2 Å². The lowest BCUT2D eigenvalue weighted by Gasteiger charge is -2.27. The van der Waals surface area contributed by atoms with E-state index < -0.39 is 53.5 Å². The summed E-state index contributed by atoms with van der Waals surface area (Å²) < 4.78 is 71.6. The van der Waals surface area contributed by atoms with Crippen LogP contribution in [-0.2, 0) is 5.60 Å². The molecule has 2 aliphatic rings. The number of urea groups is 1. The first kappa shape index (κ1) is 27.7. The lowest BCUT2D eigenvalue weighted by molar-refractivity contribution is -0.258. The number of nitrogens with zero attached hydrogens (tertiary/aromatic N) is 3. The minimum Gasteiger partial charge on any atom is -0.375 e. The quantitative estimate of drug-likeness (QED) is 0.260. The van der Waals surface area contributed by atoms with Crippen LogP contribution in [0.4, 0.5) is 38.1 Å². The van der Waals surface area contributed by atoms with Crippen molar-refractivity contribution in [3.8, 4) is 5.69 Å². The summed E-state index contributed by atoms with van der Waals surface area (Å²) in [7, 11) is 0. The predicted octanol–water partition coefficient (Wildman–Crippen LogP) is 5.75. The Labute approximate surface area is 239 Å². The van der Waals surface area contributed by atoms with Crippen molar-refractivity contribution in [1.29, 1.82) is 0 Å². The Bertz CT molecular complexity index is 1790. The van der Waals surface area contributed by atoms with Crippen LogP contribution in [0.15, 0.2) is 61.1 Å². The summed E-state index contributed by atoms with van der Waals surface area (Å²) in [5.74, 6) is -2.24. The van der Waals surface area contributed by atoms with Gasteiger partial charge in [-0.25, -0.2) is 18.6 Å². The van der Waals surface area contributed by atoms with E-state index in [1.54, 1.807) is 17.7 Å². The number of carbonyl (C=O) groups excluding carboxylic acids is 2. The van der Waals surface area contributed by atoms with Gasteiger partial charge in [-0.15, -0.1) is 0 Å². The molecule has 0 radical (unpaired) electrons. The maximum Gasteiger partial charge on any atom is 0.423 e. The number of carbonyl (C=O) groups is 2. The van der Waals surface area contributed by atoms with Gasteiger partial charge in [0.15, 0.2) is 0 Å². The molecule has 2 atom stereocenters. The van der Waals surface area contributed by atoms with E-state index >= 15 is 0 Å². The number of hydrogen-bond acceptors (Lipinski definition) is 4. The monoisotopic (exact) mass is 603 g/mol. The van der Waals surface area contributed by atoms with Gasteiger partial charge in [0.1, 0.15) is 11.6 Å². The van der Waals surface area contributed by atoms with Crippen molar-refractivity contribution in [3.63, 3.8) is 0 Å². The van der Waals surface area contributed by atoms with Crippen LogP contribution >= 0.6 is 11.6 Å². The molecule has 42 heavy (non-hydrogen) atoms. The fraction of sp³-hybridized carbons (Fsp3) is 0.179. The minimum atomic E-state index is -5.24. The lowest BCUT2D eigenvalue weighted by atomic mass is 9.95. The topological polar surface area (TPSA) is 99.5 Å². The highest BCUT2D eigenvalue weighted by Crippen LogP contribution is 2.49. The second kappa shape index (κ2) is 9.53. The van der Waals surface area contributed by atoms with E-state index in [0.29, 0.717) is 22.3 Å². The maximum atomic E-state index is 14.2. The van der Waals surface area contributed by atoms with Crippen LogP contribution in [0.25, 0.3) is 5.69 Å². The molecule has 3 N–H and O–H groups in total. The Morgan fingerprint density at radius 1 is 1.14 bits per heavy atom. The summed E-state index contributed by atoms with van der Waals surface area (Å²) in [6.45, 7) is 0.483. The van der Waals surface area contributed by atoms with E-state index in [4.69, 9.17) is 11.6 Å². The van der Waals surface area contributed by atoms with E-state index in [0.717, 1.165) is 24.3 Å². The SMILES string of the molecule is Cc1cn(-c2cc(NC(=O)N3C[C@](O)(C(F)(F)F)c4cc(F)ccc43)c3c(c2)C(=O)N[C@H]3c2cc(F)ccc2Cl)cn1. The zero-order valence-electron chi connectivity index (χ0n) is 21.4. The van der Waals surface area contributed by atoms with E-state index in [9.17, 15) is 36.6 Å². The number of β-amino-alcohol motifs (C(OH)–C–C–N with tert-alkyl or cyclic N) is 1. The molecular weight excluding hydrogens is 585 g/mol. The van der Waals surface area contributed by atoms with Crippen molar-refractivity contribution < 1.29 is 36.6 Å². The maximum absolute atomic E-state index is 14.2. The second-order valence-electron chi connectivity index (χ2n) is 9.98. The number of aryl methyl sites for hydroxylation is 1. The van der Waals surface area contributed by atoms with Crippen molar-refractivity contribution in [3.05, 3.63) is 106 Å². The molecule has 3 aromatic carbocycles. The number of alkyl halides is 3. The van der Waals surface area contributed by atoms with Crippen LogP contribution < -0.4 is 15.5 Å². The Hall–Kier alpha value is -4.49. The van der Waals surface area contributed by atoms with Gasteiger partial charge in [0, 0.05) is 39.2 Å². The van der Waals surface area contributed by atoms with Crippen molar-refractivity contribution in [2.24, 2.45) is 0 Å². The van der Waals surface area contributed by atoms with Gasteiger partial charge in [-0.05, 0) is 55.5 Å². The predicted molar refractivity (Wildman–Crippen MR) is 142 cm³/mol. The number of rotatable bonds is 3. The summed E-state index contributed by atoms with van der Waals surface area (Å²) in [6.07, 6.45) is -2.12. The lowest BCUT2D eigenvalue weighted by Crippen LogP contribution is -2.48. The molecule has 8 nitrogen and oxygen atoms in total. The average molecular weight is 604 g/mol. The highest BCUT2D eigenvalue weighted by atomic mass is 35.5. The van der Waals surface area contributed by atoms with Crippen LogP contribution in [0.5, 0.6) is 0 Å². The average Bonchev–Trinajstić information content (AvgIpc) is 3.59. The van der Waals surface area contributed by atoms with Crippen molar-refractivity contribution in [1.82, 2.24) is 14.9 Å². The molecule has 0 unspecified atom stereocenters. The Morgan fingerprint density at radius 3 is 2.55 bits per heavy atom. The number of anilines is 2. The van der Waals surface area contributed by atoms with Crippen LogP contribution in [-0.4, -0.2) is 39.3 Å². The molecule has 0 spiro atoms. The third-order valence-corrected chi connectivity index (χ3v) is 7.63. The van der Waals surface area contributed by atoms with E-state index in [1.165, 1.54) is 24.5 Å². The summed E-state index contributed by atoms with van der Waals surface area (Å²) in [4.78, 5) is 31.5. The number of fused-ring (bicyclic) bond motifs is 2. The van der Waals surface area contributed by atoms with E-state index in [-0.39, 0.29) is 33.1 Å². The number of aromatic nitrogens is 2. The smallest absolute Gasteiger partial charge is 0.375 e. The molecule has 0 saturated heterocycles. The molecule has 216 valence electrons. The number of nitrogens with one attached hydrogen (secondary N) is 2. The van der Waals surface area contributed by atoms with Crippen molar-refractivity contribution >= 4 is 34.9 Å². The molecule has 0 aliphatic carbocycles. The number of halogens is 6. The van der Waals surface area contributed by atoms with Gasteiger partial charge in [0.2, 0.25) is 5.60 Å². The Morgan fingerprint density at radius 2 is 1.86 bits per heavy atom. The largest absolute Gasteiger partial charge is 0.423 e. The molecule has 0 fully saturated rings. The van der Waals surface area contributed by atoms with Gasteiger partial charge in [-0.3, -0.25) is 9.69 Å². The first-order valence-corrected chi connectivity index (χ1v) is 12.8. The first-order valence-electron chi connectivity index (χ1n) is 12.4. The zero-order chi connectivity index (χ0) is 30.1. The summed E-state index contributed by atoms with van der Waals surface area (Å²) in [5, 5.41) is 16.0. The van der Waals surface area contributed by atoms with E-state index in [2.05, 4.69) is 15.6 Å². The molecule has 3 amide bonds. The normalized spacial score (nSPS) is 19.5. The standard InChI is InChI=1S/C28H19ClF5N5O3/c1-13-10-38(12-35-13)16-8-18-23(24(37-25(18)40)17-6-14(30)2-4-20(17)29)21(9-16)36-26(41)39-11-27(42,28(32,33)34)19-7-15(31)3-5-22(19)39/h2-10,12,24,42H,11H2,1H3,(H,36,41)(H,37,40)/t24-,27+/m0/s1. The third-order valence-electron chi connectivity index (χ3n) is 7.29. The fourth-order valence-electron chi connectivity index (χ4n) is 5.28. The number of aliphatic hydroxyl groups is 1. The van der Waals surface area contributed by atoms with Crippen molar-refractivity contribution in [2.45, 2.75) is 24.7 Å². The molecule has 4 aromatic rings. The number of amides is 3. The molecular formula is C28H19ClF5N5O3. The Kier molecular flexibility index (Phi) is 6.28. The van der Waals surface area contributed by atoms with Crippen LogP contribution in [0, 0.1) is 18.6 Å². The van der Waals surface area contributed by atoms with Gasteiger partial charge in [0.05, 0.1) is 36.0 Å². The number of benzene rings is 3.